The summed E-state index contributed by atoms with van der Waals surface area (Å²) in [7, 11) is 0. The summed E-state index contributed by atoms with van der Waals surface area (Å²) in [5.41, 5.74) is 0.584. The lowest BCUT2D eigenvalue weighted by Gasteiger charge is -2.08. The van der Waals surface area contributed by atoms with Gasteiger partial charge in [0.2, 0.25) is 0 Å². The van der Waals surface area contributed by atoms with Crippen LogP contribution in [-0.4, -0.2) is 33.3 Å². The normalized spacial score (nSPS) is 10.5. The van der Waals surface area contributed by atoms with E-state index in [1.165, 1.54) is 11.3 Å². The second-order valence-corrected chi connectivity index (χ2v) is 6.57. The van der Waals surface area contributed by atoms with Gasteiger partial charge in [0.1, 0.15) is 17.9 Å². The predicted octanol–water partition coefficient (Wildman–Crippen LogP) is 2.69. The van der Waals surface area contributed by atoms with E-state index in [9.17, 15) is 14.4 Å². The Morgan fingerprint density at radius 1 is 1.04 bits per heavy atom. The molecule has 0 atom stereocenters. The molecule has 1 aromatic heterocycles. The van der Waals surface area contributed by atoms with E-state index in [-0.39, 0.29) is 11.5 Å². The molecule has 2 aromatic carbocycles. The van der Waals surface area contributed by atoms with Gasteiger partial charge in [0.25, 0.3) is 0 Å². The SMILES string of the molecule is O=C(O)C(=Cc1ccc(OCCn2c(=O)sc3ccccc32)cc1)C(=O)O. The zero-order valence-electron chi connectivity index (χ0n) is 14.0. The van der Waals surface area contributed by atoms with Gasteiger partial charge in [-0.15, -0.1) is 0 Å². The number of rotatable bonds is 7. The third-order valence-electron chi connectivity index (χ3n) is 3.81. The van der Waals surface area contributed by atoms with Crippen molar-refractivity contribution < 1.29 is 24.5 Å². The van der Waals surface area contributed by atoms with Gasteiger partial charge in [0.05, 0.1) is 16.8 Å². The van der Waals surface area contributed by atoms with Crippen LogP contribution in [-0.2, 0) is 16.1 Å². The van der Waals surface area contributed by atoms with Gasteiger partial charge < -0.3 is 14.9 Å². The maximum Gasteiger partial charge on any atom is 0.343 e. The lowest BCUT2D eigenvalue weighted by atomic mass is 10.1. The Kier molecular flexibility index (Phi) is 5.37. The number of benzene rings is 2. The van der Waals surface area contributed by atoms with Crippen LogP contribution in [0, 0.1) is 0 Å². The standard InChI is InChI=1S/C19H15NO6S/c21-17(22)14(18(23)24)11-12-5-7-13(8-6-12)26-10-9-20-15-3-1-2-4-16(15)27-19(20)25/h1-8,11H,9-10H2,(H,21,22)(H,23,24). The minimum Gasteiger partial charge on any atom is -0.492 e. The molecule has 0 spiro atoms. The van der Waals surface area contributed by atoms with E-state index >= 15 is 0 Å². The van der Waals surface area contributed by atoms with Crippen molar-refractivity contribution in [2.45, 2.75) is 6.54 Å². The second kappa shape index (κ2) is 7.88. The third kappa shape index (κ3) is 4.24. The molecule has 138 valence electrons. The number of carbonyl (C=O) groups is 2. The van der Waals surface area contributed by atoms with E-state index in [4.69, 9.17) is 14.9 Å². The minimum atomic E-state index is -1.50. The van der Waals surface area contributed by atoms with Gasteiger partial charge in [0, 0.05) is 0 Å². The van der Waals surface area contributed by atoms with E-state index in [2.05, 4.69) is 0 Å². The van der Waals surface area contributed by atoms with E-state index in [1.54, 1.807) is 28.8 Å². The molecule has 8 heteroatoms. The van der Waals surface area contributed by atoms with Gasteiger partial charge >= 0.3 is 16.8 Å². The van der Waals surface area contributed by atoms with Crippen LogP contribution in [0.25, 0.3) is 16.3 Å². The van der Waals surface area contributed by atoms with Gasteiger partial charge in [-0.25, -0.2) is 9.59 Å². The molecule has 2 N–H and O–H groups in total. The number of aliphatic carboxylic acids is 2. The van der Waals surface area contributed by atoms with Gasteiger partial charge in [-0.2, -0.15) is 0 Å². The number of ether oxygens (including phenoxy) is 1. The first-order valence-corrected chi connectivity index (χ1v) is 8.77. The van der Waals surface area contributed by atoms with Crippen LogP contribution in [0.1, 0.15) is 5.56 Å². The molecule has 27 heavy (non-hydrogen) atoms. The molecule has 1 heterocycles. The molecule has 0 bridgehead atoms. The Balaban J connectivity index is 1.66. The topological polar surface area (TPSA) is 106 Å². The van der Waals surface area contributed by atoms with E-state index in [1.807, 2.05) is 24.3 Å². The van der Waals surface area contributed by atoms with Crippen LogP contribution in [0.15, 0.2) is 58.9 Å². The molecular formula is C19H15NO6S. The monoisotopic (exact) mass is 385 g/mol. The average molecular weight is 385 g/mol. The molecule has 0 radical (unpaired) electrons. The van der Waals surface area contributed by atoms with Gasteiger partial charge in [-0.1, -0.05) is 35.6 Å². The highest BCUT2D eigenvalue weighted by molar-refractivity contribution is 7.16. The van der Waals surface area contributed by atoms with E-state index in [0.717, 1.165) is 16.3 Å². The van der Waals surface area contributed by atoms with Crippen molar-refractivity contribution in [3.8, 4) is 5.75 Å². The average Bonchev–Trinajstić information content (AvgIpc) is 2.96. The van der Waals surface area contributed by atoms with Crippen molar-refractivity contribution >= 4 is 39.6 Å². The summed E-state index contributed by atoms with van der Waals surface area (Å²) >= 11 is 1.19. The molecule has 0 aliphatic rings. The second-order valence-electron chi connectivity index (χ2n) is 5.57. The van der Waals surface area contributed by atoms with Gasteiger partial charge in [0.15, 0.2) is 0 Å². The molecule has 0 unspecified atom stereocenters. The maximum absolute atomic E-state index is 12.1. The molecule has 3 aromatic rings. The minimum absolute atomic E-state index is 0.0462. The lowest BCUT2D eigenvalue weighted by Crippen LogP contribution is -2.17. The third-order valence-corrected chi connectivity index (χ3v) is 4.77. The predicted molar refractivity (Wildman–Crippen MR) is 101 cm³/mol. The number of carboxylic acids is 2. The Labute approximate surface area is 157 Å². The number of carboxylic acid groups (broad SMARTS) is 2. The fraction of sp³-hybridized carbons (Fsp3) is 0.105. The van der Waals surface area contributed by atoms with Crippen molar-refractivity contribution in [1.82, 2.24) is 4.57 Å². The summed E-state index contributed by atoms with van der Waals surface area (Å²) in [6.07, 6.45) is 1.07. The summed E-state index contributed by atoms with van der Waals surface area (Å²) < 4.78 is 8.21. The summed E-state index contributed by atoms with van der Waals surface area (Å²) in [4.78, 5) is 33.8. The van der Waals surface area contributed by atoms with Crippen LogP contribution in [0.2, 0.25) is 0 Å². The Morgan fingerprint density at radius 3 is 2.37 bits per heavy atom. The number of hydrogen-bond acceptors (Lipinski definition) is 5. The quantitative estimate of drug-likeness (QED) is 0.368. The van der Waals surface area contributed by atoms with Crippen LogP contribution in [0.5, 0.6) is 5.75 Å². The molecule has 0 saturated heterocycles. The first kappa shape index (κ1) is 18.4. The van der Waals surface area contributed by atoms with Gasteiger partial charge in [-0.3, -0.25) is 9.36 Å². The molecule has 0 aliphatic heterocycles. The Morgan fingerprint density at radius 2 is 1.70 bits per heavy atom. The highest BCUT2D eigenvalue weighted by Crippen LogP contribution is 2.17. The Hall–Kier alpha value is -3.39. The van der Waals surface area contributed by atoms with Crippen molar-refractivity contribution in [2.24, 2.45) is 0 Å². The van der Waals surface area contributed by atoms with E-state index in [0.29, 0.717) is 17.9 Å². The smallest absolute Gasteiger partial charge is 0.343 e. The summed E-state index contributed by atoms with van der Waals surface area (Å²) in [6.45, 7) is 0.679. The number of hydrogen-bond donors (Lipinski definition) is 2. The zero-order valence-corrected chi connectivity index (χ0v) is 14.8. The zero-order chi connectivity index (χ0) is 19.4. The summed E-state index contributed by atoms with van der Waals surface area (Å²) in [5.74, 6) is -2.47. The van der Waals surface area contributed by atoms with Crippen LogP contribution in [0.4, 0.5) is 0 Å². The van der Waals surface area contributed by atoms with Crippen LogP contribution >= 0.6 is 11.3 Å². The summed E-state index contributed by atoms with van der Waals surface area (Å²) in [5, 5.41) is 17.7. The van der Waals surface area contributed by atoms with Gasteiger partial charge in [-0.05, 0) is 35.9 Å². The van der Waals surface area contributed by atoms with Crippen molar-refractivity contribution in [1.29, 1.82) is 0 Å². The number of fused-ring (bicyclic) bond motifs is 1. The fourth-order valence-electron chi connectivity index (χ4n) is 2.52. The number of para-hydroxylation sites is 1. The number of aromatic nitrogens is 1. The van der Waals surface area contributed by atoms with Crippen molar-refractivity contribution in [3.63, 3.8) is 0 Å². The van der Waals surface area contributed by atoms with Crippen LogP contribution < -0.4 is 9.61 Å². The Bertz CT molecular complexity index is 1060. The molecule has 0 fully saturated rings. The maximum atomic E-state index is 12.1. The molecule has 7 nitrogen and oxygen atoms in total. The number of thiazole rings is 1. The first-order chi connectivity index (χ1) is 13.0. The largest absolute Gasteiger partial charge is 0.492 e. The van der Waals surface area contributed by atoms with Crippen molar-refractivity contribution in [3.05, 3.63) is 69.3 Å². The number of nitrogens with zero attached hydrogens (tertiary/aromatic N) is 1. The molecule has 0 aliphatic carbocycles. The van der Waals surface area contributed by atoms with Crippen LogP contribution in [0.3, 0.4) is 0 Å². The molecule has 3 rings (SSSR count). The van der Waals surface area contributed by atoms with Crippen molar-refractivity contribution in [2.75, 3.05) is 6.61 Å². The molecule has 0 saturated carbocycles. The lowest BCUT2D eigenvalue weighted by molar-refractivity contribution is -0.140. The highest BCUT2D eigenvalue weighted by atomic mass is 32.1. The molecular weight excluding hydrogens is 370 g/mol. The highest BCUT2D eigenvalue weighted by Gasteiger charge is 2.15. The summed E-state index contributed by atoms with van der Waals surface area (Å²) in [6, 6.07) is 13.9. The first-order valence-electron chi connectivity index (χ1n) is 7.95. The van der Waals surface area contributed by atoms with E-state index < -0.39 is 17.5 Å². The molecule has 0 amide bonds. The fourth-order valence-corrected chi connectivity index (χ4v) is 3.44.